The Bertz CT molecular complexity index is 694. The molecule has 4 rings (SSSR count). The van der Waals surface area contributed by atoms with E-state index in [4.69, 9.17) is 0 Å². The van der Waals surface area contributed by atoms with Crippen molar-refractivity contribution < 1.29 is 4.79 Å². The average molecular weight is 279 g/mol. The van der Waals surface area contributed by atoms with E-state index in [1.54, 1.807) is 6.20 Å². The van der Waals surface area contributed by atoms with E-state index in [1.165, 1.54) is 11.3 Å². The van der Waals surface area contributed by atoms with Crippen LogP contribution in [0.1, 0.15) is 28.9 Å². The van der Waals surface area contributed by atoms with Gasteiger partial charge >= 0.3 is 0 Å². The zero-order chi connectivity index (χ0) is 14.2. The molecule has 1 aliphatic carbocycles. The molecular weight excluding hydrogens is 262 g/mol. The molecule has 1 fully saturated rings. The third kappa shape index (κ3) is 2.37. The van der Waals surface area contributed by atoms with Crippen LogP contribution < -0.4 is 10.2 Å². The molecule has 0 bridgehead atoms. The molecular formula is C17H17N3O. The summed E-state index contributed by atoms with van der Waals surface area (Å²) in [6, 6.07) is 12.6. The van der Waals surface area contributed by atoms with Gasteiger partial charge in [-0.05, 0) is 43.0 Å². The van der Waals surface area contributed by atoms with Crippen LogP contribution in [-0.2, 0) is 6.42 Å². The van der Waals surface area contributed by atoms with Crippen molar-refractivity contribution in [1.82, 2.24) is 10.3 Å². The quantitative estimate of drug-likeness (QED) is 0.939. The standard InChI is InChI=1S/C17H17N3O/c21-17(19-13-5-6-13)15-11-14(7-9-18-15)20-10-8-12-3-1-2-4-16(12)20/h1-4,7,9,11,13H,5-6,8,10H2,(H,19,21). The summed E-state index contributed by atoms with van der Waals surface area (Å²) in [6.45, 7) is 0.951. The van der Waals surface area contributed by atoms with Gasteiger partial charge in [0.1, 0.15) is 5.69 Å². The Balaban J connectivity index is 1.62. The smallest absolute Gasteiger partial charge is 0.270 e. The van der Waals surface area contributed by atoms with Crippen LogP contribution in [0.15, 0.2) is 42.6 Å². The van der Waals surface area contributed by atoms with Crippen LogP contribution in [-0.4, -0.2) is 23.5 Å². The summed E-state index contributed by atoms with van der Waals surface area (Å²) in [5.41, 5.74) is 4.13. The van der Waals surface area contributed by atoms with E-state index in [-0.39, 0.29) is 5.91 Å². The zero-order valence-electron chi connectivity index (χ0n) is 11.7. The molecule has 1 N–H and O–H groups in total. The van der Waals surface area contributed by atoms with Gasteiger partial charge in [-0.25, -0.2) is 0 Å². The number of rotatable bonds is 3. The SMILES string of the molecule is O=C(NC1CC1)c1cc(N2CCc3ccccc32)ccn1. The number of hydrogen-bond acceptors (Lipinski definition) is 3. The lowest BCUT2D eigenvalue weighted by molar-refractivity contribution is 0.0946. The predicted octanol–water partition coefficient (Wildman–Crippen LogP) is 2.67. The highest BCUT2D eigenvalue weighted by atomic mass is 16.2. The molecule has 1 aromatic heterocycles. The highest BCUT2D eigenvalue weighted by molar-refractivity contribution is 5.93. The lowest BCUT2D eigenvalue weighted by atomic mass is 10.2. The second kappa shape index (κ2) is 4.88. The molecule has 0 unspecified atom stereocenters. The number of fused-ring (bicyclic) bond motifs is 1. The average Bonchev–Trinajstić information content (AvgIpc) is 3.23. The minimum atomic E-state index is -0.0631. The fraction of sp³-hybridized carbons (Fsp3) is 0.294. The summed E-state index contributed by atoms with van der Waals surface area (Å²) >= 11 is 0. The Morgan fingerprint density at radius 1 is 1.24 bits per heavy atom. The number of para-hydroxylation sites is 1. The second-order valence-corrected chi connectivity index (χ2v) is 5.68. The molecule has 4 heteroatoms. The first-order chi connectivity index (χ1) is 10.3. The number of carbonyl (C=O) groups excluding carboxylic acids is 1. The fourth-order valence-electron chi connectivity index (χ4n) is 2.80. The van der Waals surface area contributed by atoms with Gasteiger partial charge in [0.05, 0.1) is 0 Å². The minimum absolute atomic E-state index is 0.0631. The number of amides is 1. The molecule has 1 amide bonds. The van der Waals surface area contributed by atoms with Gasteiger partial charge in [0.25, 0.3) is 5.91 Å². The van der Waals surface area contributed by atoms with Crippen molar-refractivity contribution in [2.24, 2.45) is 0 Å². The summed E-state index contributed by atoms with van der Waals surface area (Å²) < 4.78 is 0. The molecule has 1 aromatic carbocycles. The summed E-state index contributed by atoms with van der Waals surface area (Å²) in [5, 5.41) is 2.99. The molecule has 0 radical (unpaired) electrons. The third-order valence-corrected chi connectivity index (χ3v) is 4.09. The van der Waals surface area contributed by atoms with Gasteiger partial charge in [0.2, 0.25) is 0 Å². The Hall–Kier alpha value is -2.36. The Morgan fingerprint density at radius 2 is 2.10 bits per heavy atom. The number of anilines is 2. The molecule has 2 aliphatic rings. The molecule has 21 heavy (non-hydrogen) atoms. The van der Waals surface area contributed by atoms with Crippen molar-refractivity contribution in [3.05, 3.63) is 53.9 Å². The van der Waals surface area contributed by atoms with Crippen LogP contribution in [0.4, 0.5) is 11.4 Å². The van der Waals surface area contributed by atoms with E-state index in [1.807, 2.05) is 12.1 Å². The van der Waals surface area contributed by atoms with Gasteiger partial charge in [0, 0.05) is 30.2 Å². The van der Waals surface area contributed by atoms with E-state index in [0.29, 0.717) is 11.7 Å². The van der Waals surface area contributed by atoms with Crippen molar-refractivity contribution in [1.29, 1.82) is 0 Å². The number of benzene rings is 1. The topological polar surface area (TPSA) is 45.2 Å². The van der Waals surface area contributed by atoms with Crippen LogP contribution in [0.5, 0.6) is 0 Å². The Morgan fingerprint density at radius 3 is 2.95 bits per heavy atom. The number of aromatic nitrogens is 1. The first kappa shape index (κ1) is 12.4. The molecule has 2 heterocycles. The lowest BCUT2D eigenvalue weighted by Crippen LogP contribution is -2.26. The largest absolute Gasteiger partial charge is 0.348 e. The summed E-state index contributed by atoms with van der Waals surface area (Å²) in [6.07, 6.45) is 4.94. The van der Waals surface area contributed by atoms with Crippen LogP contribution in [0.25, 0.3) is 0 Å². The number of nitrogens with one attached hydrogen (secondary N) is 1. The molecule has 2 aromatic rings. The summed E-state index contributed by atoms with van der Waals surface area (Å²) in [7, 11) is 0. The van der Waals surface area contributed by atoms with Crippen LogP contribution >= 0.6 is 0 Å². The number of pyridine rings is 1. The van der Waals surface area contributed by atoms with Crippen LogP contribution in [0, 0.1) is 0 Å². The maximum atomic E-state index is 12.1. The first-order valence-corrected chi connectivity index (χ1v) is 7.43. The molecule has 106 valence electrons. The molecule has 4 nitrogen and oxygen atoms in total. The molecule has 1 saturated carbocycles. The van der Waals surface area contributed by atoms with Crippen molar-refractivity contribution in [3.8, 4) is 0 Å². The second-order valence-electron chi connectivity index (χ2n) is 5.68. The molecule has 0 atom stereocenters. The van der Waals surface area contributed by atoms with Gasteiger partial charge in [-0.3, -0.25) is 9.78 Å². The summed E-state index contributed by atoms with van der Waals surface area (Å²) in [4.78, 5) is 18.6. The van der Waals surface area contributed by atoms with E-state index in [2.05, 4.69) is 39.5 Å². The van der Waals surface area contributed by atoms with Crippen LogP contribution in [0.3, 0.4) is 0 Å². The Labute approximate surface area is 123 Å². The highest BCUT2D eigenvalue weighted by Crippen LogP contribution is 2.34. The van der Waals surface area contributed by atoms with Crippen molar-refractivity contribution in [2.45, 2.75) is 25.3 Å². The van der Waals surface area contributed by atoms with Gasteiger partial charge in [-0.1, -0.05) is 18.2 Å². The third-order valence-electron chi connectivity index (χ3n) is 4.09. The van der Waals surface area contributed by atoms with Crippen LogP contribution in [0.2, 0.25) is 0 Å². The zero-order valence-corrected chi connectivity index (χ0v) is 11.7. The van der Waals surface area contributed by atoms with E-state index >= 15 is 0 Å². The van der Waals surface area contributed by atoms with Crippen molar-refractivity contribution in [2.75, 3.05) is 11.4 Å². The first-order valence-electron chi connectivity index (χ1n) is 7.43. The molecule has 1 aliphatic heterocycles. The predicted molar refractivity (Wildman–Crippen MR) is 81.9 cm³/mol. The molecule has 0 spiro atoms. The van der Waals surface area contributed by atoms with E-state index in [0.717, 1.165) is 31.5 Å². The number of carbonyl (C=O) groups is 1. The normalized spacial score (nSPS) is 16.7. The van der Waals surface area contributed by atoms with Gasteiger partial charge in [-0.2, -0.15) is 0 Å². The van der Waals surface area contributed by atoms with Gasteiger partial charge in [-0.15, -0.1) is 0 Å². The van der Waals surface area contributed by atoms with Gasteiger partial charge < -0.3 is 10.2 Å². The monoisotopic (exact) mass is 279 g/mol. The minimum Gasteiger partial charge on any atom is -0.348 e. The maximum absolute atomic E-state index is 12.1. The lowest BCUT2D eigenvalue weighted by Gasteiger charge is -2.19. The van der Waals surface area contributed by atoms with E-state index < -0.39 is 0 Å². The van der Waals surface area contributed by atoms with Crippen molar-refractivity contribution in [3.63, 3.8) is 0 Å². The van der Waals surface area contributed by atoms with E-state index in [9.17, 15) is 4.79 Å². The summed E-state index contributed by atoms with van der Waals surface area (Å²) in [5.74, 6) is -0.0631. The number of nitrogens with zero attached hydrogens (tertiary/aromatic N) is 2. The highest BCUT2D eigenvalue weighted by Gasteiger charge is 2.25. The molecule has 0 saturated heterocycles. The van der Waals surface area contributed by atoms with Crippen molar-refractivity contribution >= 4 is 17.3 Å². The van der Waals surface area contributed by atoms with Gasteiger partial charge in [0.15, 0.2) is 0 Å². The maximum Gasteiger partial charge on any atom is 0.270 e. The Kier molecular flexibility index (Phi) is 2.88. The fourth-order valence-corrected chi connectivity index (χ4v) is 2.80. The number of hydrogen-bond donors (Lipinski definition) is 1.